The van der Waals surface area contributed by atoms with Gasteiger partial charge in [0.25, 0.3) is 0 Å². The minimum Gasteiger partial charge on any atom is -0.378 e. The molecule has 0 spiro atoms. The van der Waals surface area contributed by atoms with E-state index in [2.05, 4.69) is 26.1 Å². The van der Waals surface area contributed by atoms with Crippen LogP contribution in [0.15, 0.2) is 0 Å². The van der Waals surface area contributed by atoms with Crippen LogP contribution in [-0.4, -0.2) is 25.8 Å². The molecule has 0 amide bonds. The Labute approximate surface area is 94.8 Å². The standard InChI is InChI=1S/C13H27NO/c1-11(2)12(3)10-14-8-4-6-13-7-5-9-15-13/h11-14H,4-10H2,1-3H3. The van der Waals surface area contributed by atoms with Gasteiger partial charge in [-0.05, 0) is 50.6 Å². The van der Waals surface area contributed by atoms with E-state index in [4.69, 9.17) is 4.74 Å². The predicted octanol–water partition coefficient (Wildman–Crippen LogP) is 2.83. The molecule has 1 saturated heterocycles. The minimum absolute atomic E-state index is 0.564. The van der Waals surface area contributed by atoms with Gasteiger partial charge in [-0.25, -0.2) is 0 Å². The molecule has 1 N–H and O–H groups in total. The van der Waals surface area contributed by atoms with Gasteiger partial charge >= 0.3 is 0 Å². The Hall–Kier alpha value is -0.0800. The molecule has 2 nitrogen and oxygen atoms in total. The van der Waals surface area contributed by atoms with E-state index < -0.39 is 0 Å². The Morgan fingerprint density at radius 3 is 2.73 bits per heavy atom. The normalized spacial score (nSPS) is 23.6. The average molecular weight is 213 g/mol. The first-order chi connectivity index (χ1) is 7.20. The van der Waals surface area contributed by atoms with Gasteiger partial charge in [0.1, 0.15) is 0 Å². The van der Waals surface area contributed by atoms with Crippen molar-refractivity contribution in [2.45, 2.75) is 52.6 Å². The molecule has 0 bridgehead atoms. The van der Waals surface area contributed by atoms with Crippen molar-refractivity contribution in [3.63, 3.8) is 0 Å². The molecule has 90 valence electrons. The van der Waals surface area contributed by atoms with E-state index in [1.165, 1.54) is 25.7 Å². The molecule has 1 aliphatic heterocycles. The molecule has 15 heavy (non-hydrogen) atoms. The van der Waals surface area contributed by atoms with Crippen molar-refractivity contribution in [2.24, 2.45) is 11.8 Å². The first-order valence-corrected chi connectivity index (χ1v) is 6.52. The summed E-state index contributed by atoms with van der Waals surface area (Å²) in [5, 5.41) is 3.53. The lowest BCUT2D eigenvalue weighted by Gasteiger charge is -2.16. The van der Waals surface area contributed by atoms with E-state index in [0.717, 1.165) is 31.5 Å². The highest BCUT2D eigenvalue weighted by atomic mass is 16.5. The molecule has 0 aromatic heterocycles. The second kappa shape index (κ2) is 7.24. The number of hydrogen-bond acceptors (Lipinski definition) is 2. The zero-order valence-electron chi connectivity index (χ0n) is 10.6. The monoisotopic (exact) mass is 213 g/mol. The lowest BCUT2D eigenvalue weighted by molar-refractivity contribution is 0.102. The molecule has 0 saturated carbocycles. The summed E-state index contributed by atoms with van der Waals surface area (Å²) in [4.78, 5) is 0. The molecular formula is C13H27NO. The van der Waals surface area contributed by atoms with E-state index in [9.17, 15) is 0 Å². The first kappa shape index (κ1) is 13.0. The van der Waals surface area contributed by atoms with Crippen molar-refractivity contribution < 1.29 is 4.74 Å². The summed E-state index contributed by atoms with van der Waals surface area (Å²) in [6.07, 6.45) is 5.61. The molecule has 0 aromatic carbocycles. The highest BCUT2D eigenvalue weighted by Gasteiger charge is 2.14. The van der Waals surface area contributed by atoms with Crippen LogP contribution in [0.2, 0.25) is 0 Å². The van der Waals surface area contributed by atoms with Gasteiger partial charge in [0.15, 0.2) is 0 Å². The summed E-state index contributed by atoms with van der Waals surface area (Å²) >= 11 is 0. The first-order valence-electron chi connectivity index (χ1n) is 6.52. The molecule has 1 aliphatic rings. The smallest absolute Gasteiger partial charge is 0.0576 e. The fourth-order valence-corrected chi connectivity index (χ4v) is 1.89. The van der Waals surface area contributed by atoms with Gasteiger partial charge in [-0.1, -0.05) is 20.8 Å². The van der Waals surface area contributed by atoms with Crippen LogP contribution in [0.5, 0.6) is 0 Å². The Kier molecular flexibility index (Phi) is 6.26. The second-order valence-electron chi connectivity index (χ2n) is 5.20. The summed E-state index contributed by atoms with van der Waals surface area (Å²) in [5.74, 6) is 1.57. The number of ether oxygens (including phenoxy) is 1. The van der Waals surface area contributed by atoms with E-state index in [1.54, 1.807) is 0 Å². The maximum atomic E-state index is 5.59. The van der Waals surface area contributed by atoms with Gasteiger partial charge in [-0.2, -0.15) is 0 Å². The lowest BCUT2D eigenvalue weighted by Crippen LogP contribution is -2.25. The molecule has 2 heteroatoms. The maximum absolute atomic E-state index is 5.59. The molecule has 0 aromatic rings. The zero-order chi connectivity index (χ0) is 11.1. The molecule has 0 aliphatic carbocycles. The number of nitrogens with one attached hydrogen (secondary N) is 1. The van der Waals surface area contributed by atoms with Gasteiger partial charge in [0.05, 0.1) is 6.10 Å². The lowest BCUT2D eigenvalue weighted by atomic mass is 9.98. The third-order valence-electron chi connectivity index (χ3n) is 3.51. The predicted molar refractivity (Wildman–Crippen MR) is 65.1 cm³/mol. The highest BCUT2D eigenvalue weighted by molar-refractivity contribution is 4.66. The van der Waals surface area contributed by atoms with E-state index >= 15 is 0 Å². The quantitative estimate of drug-likeness (QED) is 0.657. The van der Waals surface area contributed by atoms with Gasteiger partial charge < -0.3 is 10.1 Å². The van der Waals surface area contributed by atoms with Gasteiger partial charge in [-0.3, -0.25) is 0 Å². The summed E-state index contributed by atoms with van der Waals surface area (Å²) < 4.78 is 5.59. The van der Waals surface area contributed by atoms with Crippen LogP contribution in [0.3, 0.4) is 0 Å². The second-order valence-corrected chi connectivity index (χ2v) is 5.20. The fourth-order valence-electron chi connectivity index (χ4n) is 1.89. The van der Waals surface area contributed by atoms with E-state index in [1.807, 2.05) is 0 Å². The Bertz CT molecular complexity index is 149. The van der Waals surface area contributed by atoms with E-state index in [0.29, 0.717) is 6.10 Å². The van der Waals surface area contributed by atoms with E-state index in [-0.39, 0.29) is 0 Å². The van der Waals surface area contributed by atoms with Gasteiger partial charge in [0.2, 0.25) is 0 Å². The van der Waals surface area contributed by atoms with Gasteiger partial charge in [0, 0.05) is 6.61 Å². The summed E-state index contributed by atoms with van der Waals surface area (Å²) in [6.45, 7) is 10.2. The topological polar surface area (TPSA) is 21.3 Å². The average Bonchev–Trinajstić information content (AvgIpc) is 2.69. The molecular weight excluding hydrogens is 186 g/mol. The molecule has 2 unspecified atom stereocenters. The maximum Gasteiger partial charge on any atom is 0.0576 e. The van der Waals surface area contributed by atoms with Crippen LogP contribution in [0.4, 0.5) is 0 Å². The van der Waals surface area contributed by atoms with Crippen LogP contribution in [0.25, 0.3) is 0 Å². The molecule has 2 atom stereocenters. The Morgan fingerprint density at radius 1 is 1.33 bits per heavy atom. The van der Waals surface area contributed by atoms with Crippen molar-refractivity contribution in [3.05, 3.63) is 0 Å². The SMILES string of the molecule is CC(C)C(C)CNCCCC1CCCO1. The highest BCUT2D eigenvalue weighted by Crippen LogP contribution is 2.16. The van der Waals surface area contributed by atoms with Gasteiger partial charge in [-0.15, -0.1) is 0 Å². The van der Waals surface area contributed by atoms with Crippen molar-refractivity contribution in [1.82, 2.24) is 5.32 Å². The largest absolute Gasteiger partial charge is 0.378 e. The third kappa shape index (κ3) is 5.53. The summed E-state index contributed by atoms with van der Waals surface area (Å²) in [7, 11) is 0. The molecule has 1 rings (SSSR count). The molecule has 1 heterocycles. The van der Waals surface area contributed by atoms with Crippen molar-refractivity contribution in [3.8, 4) is 0 Å². The van der Waals surface area contributed by atoms with Crippen molar-refractivity contribution in [2.75, 3.05) is 19.7 Å². The van der Waals surface area contributed by atoms with Crippen molar-refractivity contribution >= 4 is 0 Å². The van der Waals surface area contributed by atoms with Crippen LogP contribution >= 0.6 is 0 Å². The number of rotatable bonds is 7. The van der Waals surface area contributed by atoms with Crippen LogP contribution in [-0.2, 0) is 4.74 Å². The third-order valence-corrected chi connectivity index (χ3v) is 3.51. The van der Waals surface area contributed by atoms with Crippen molar-refractivity contribution in [1.29, 1.82) is 0 Å². The molecule has 1 fully saturated rings. The van der Waals surface area contributed by atoms with Crippen LogP contribution in [0.1, 0.15) is 46.5 Å². The zero-order valence-corrected chi connectivity index (χ0v) is 10.6. The minimum atomic E-state index is 0.564. The van der Waals surface area contributed by atoms with Crippen LogP contribution < -0.4 is 5.32 Å². The van der Waals surface area contributed by atoms with Crippen LogP contribution in [0, 0.1) is 11.8 Å². The fraction of sp³-hybridized carbons (Fsp3) is 1.00. The summed E-state index contributed by atoms with van der Waals surface area (Å²) in [5.41, 5.74) is 0. The summed E-state index contributed by atoms with van der Waals surface area (Å²) in [6, 6.07) is 0. The Balaban J connectivity index is 1.88. The molecule has 0 radical (unpaired) electrons. The Morgan fingerprint density at radius 2 is 2.13 bits per heavy atom. The number of hydrogen-bond donors (Lipinski definition) is 1.